The minimum Gasteiger partial charge on any atom is -0.366 e. The Morgan fingerprint density at radius 3 is 2.63 bits per heavy atom. The molecule has 100 valence electrons. The van der Waals surface area contributed by atoms with Crippen LogP contribution in [-0.2, 0) is 12.0 Å². The molecule has 1 heterocycles. The highest BCUT2D eigenvalue weighted by atomic mass is 16.1. The second-order valence-electron chi connectivity index (χ2n) is 5.54. The first-order valence-electron chi connectivity index (χ1n) is 6.35. The molecule has 19 heavy (non-hydrogen) atoms. The van der Waals surface area contributed by atoms with Crippen LogP contribution in [0, 0.1) is 0 Å². The first kappa shape index (κ1) is 13.3. The quantitative estimate of drug-likeness (QED) is 0.888. The number of anilines is 1. The van der Waals surface area contributed by atoms with E-state index in [1.54, 1.807) is 12.3 Å². The number of hydrogen-bond acceptors (Lipinski definition) is 3. The number of H-pyrrole nitrogens is 1. The third-order valence-corrected chi connectivity index (χ3v) is 2.96. The van der Waals surface area contributed by atoms with Gasteiger partial charge in [0.15, 0.2) is 0 Å². The van der Waals surface area contributed by atoms with Crippen LogP contribution in [0.5, 0.6) is 0 Å². The normalized spacial score (nSPS) is 11.3. The molecular formula is C15H19N3O. The van der Waals surface area contributed by atoms with E-state index in [1.165, 1.54) is 11.1 Å². The smallest absolute Gasteiger partial charge is 0.346 e. The average molecular weight is 257 g/mol. The molecule has 0 atom stereocenters. The molecule has 2 N–H and O–H groups in total. The highest BCUT2D eigenvalue weighted by Gasteiger charge is 2.16. The summed E-state index contributed by atoms with van der Waals surface area (Å²) in [6.07, 6.45) is 1.59. The summed E-state index contributed by atoms with van der Waals surface area (Å²) in [5, 5.41) is 3.18. The maximum atomic E-state index is 11.1. The van der Waals surface area contributed by atoms with Crippen molar-refractivity contribution in [1.29, 1.82) is 0 Å². The predicted molar refractivity (Wildman–Crippen MR) is 77.3 cm³/mol. The molecule has 0 aliphatic carbocycles. The number of aromatic nitrogens is 2. The Balaban J connectivity index is 2.18. The SMILES string of the molecule is CC(C)(C)c1ccccc1CNc1cc[nH]c(=O)n1. The molecule has 4 heteroatoms. The molecule has 0 unspecified atom stereocenters. The van der Waals surface area contributed by atoms with E-state index in [1.807, 2.05) is 6.07 Å². The molecule has 0 radical (unpaired) electrons. The Bertz CT molecular complexity index is 611. The van der Waals surface area contributed by atoms with Crippen LogP contribution >= 0.6 is 0 Å². The third-order valence-electron chi connectivity index (χ3n) is 2.96. The van der Waals surface area contributed by atoms with Crippen molar-refractivity contribution in [2.24, 2.45) is 0 Å². The minimum absolute atomic E-state index is 0.0971. The summed E-state index contributed by atoms with van der Waals surface area (Å²) in [7, 11) is 0. The fraction of sp³-hybridized carbons (Fsp3) is 0.333. The van der Waals surface area contributed by atoms with E-state index >= 15 is 0 Å². The van der Waals surface area contributed by atoms with Gasteiger partial charge in [-0.05, 0) is 22.6 Å². The molecule has 1 aromatic carbocycles. The molecule has 0 aliphatic rings. The van der Waals surface area contributed by atoms with Crippen LogP contribution in [-0.4, -0.2) is 9.97 Å². The van der Waals surface area contributed by atoms with Crippen LogP contribution in [0.25, 0.3) is 0 Å². The summed E-state index contributed by atoms with van der Waals surface area (Å²) in [6.45, 7) is 7.23. The molecule has 4 nitrogen and oxygen atoms in total. The van der Waals surface area contributed by atoms with Gasteiger partial charge in [0.2, 0.25) is 0 Å². The summed E-state index contributed by atoms with van der Waals surface area (Å²) in [4.78, 5) is 17.5. The maximum Gasteiger partial charge on any atom is 0.346 e. The molecule has 0 saturated heterocycles. The lowest BCUT2D eigenvalue weighted by Crippen LogP contribution is -2.17. The van der Waals surface area contributed by atoms with Crippen LogP contribution in [0.15, 0.2) is 41.3 Å². The number of benzene rings is 1. The summed E-state index contributed by atoms with van der Waals surface area (Å²) < 4.78 is 0. The van der Waals surface area contributed by atoms with Crippen molar-refractivity contribution in [3.8, 4) is 0 Å². The van der Waals surface area contributed by atoms with Gasteiger partial charge in [0.1, 0.15) is 5.82 Å². The van der Waals surface area contributed by atoms with Gasteiger partial charge in [0.25, 0.3) is 0 Å². The Kier molecular flexibility index (Phi) is 3.69. The molecule has 0 fully saturated rings. The van der Waals surface area contributed by atoms with Gasteiger partial charge >= 0.3 is 5.69 Å². The fourth-order valence-corrected chi connectivity index (χ4v) is 2.06. The van der Waals surface area contributed by atoms with Crippen molar-refractivity contribution < 1.29 is 0 Å². The highest BCUT2D eigenvalue weighted by Crippen LogP contribution is 2.25. The zero-order chi connectivity index (χ0) is 13.9. The number of nitrogens with zero attached hydrogens (tertiary/aromatic N) is 1. The number of rotatable bonds is 3. The van der Waals surface area contributed by atoms with Gasteiger partial charge in [-0.15, -0.1) is 0 Å². The van der Waals surface area contributed by atoms with E-state index in [9.17, 15) is 4.79 Å². The molecule has 0 aliphatic heterocycles. The maximum absolute atomic E-state index is 11.1. The van der Waals surface area contributed by atoms with Gasteiger partial charge in [-0.25, -0.2) is 4.79 Å². The molecule has 0 bridgehead atoms. The van der Waals surface area contributed by atoms with Gasteiger partial charge in [-0.2, -0.15) is 4.98 Å². The minimum atomic E-state index is -0.339. The van der Waals surface area contributed by atoms with E-state index < -0.39 is 0 Å². The van der Waals surface area contributed by atoms with Gasteiger partial charge in [-0.1, -0.05) is 45.0 Å². The van der Waals surface area contributed by atoms with Crippen LogP contribution in [0.2, 0.25) is 0 Å². The standard InChI is InChI=1S/C15H19N3O/c1-15(2,3)12-7-5-4-6-11(12)10-17-13-8-9-16-14(19)18-13/h4-9H,10H2,1-3H3,(H2,16,17,18,19). The summed E-state index contributed by atoms with van der Waals surface area (Å²) in [6, 6.07) is 10.1. The third kappa shape index (κ3) is 3.44. The number of aromatic amines is 1. The second kappa shape index (κ2) is 5.26. The monoisotopic (exact) mass is 257 g/mol. The number of nitrogens with one attached hydrogen (secondary N) is 2. The molecule has 2 rings (SSSR count). The van der Waals surface area contributed by atoms with Crippen molar-refractivity contribution in [2.75, 3.05) is 5.32 Å². The zero-order valence-electron chi connectivity index (χ0n) is 11.5. The first-order chi connectivity index (χ1) is 8.97. The van der Waals surface area contributed by atoms with Crippen LogP contribution in [0.4, 0.5) is 5.82 Å². The van der Waals surface area contributed by atoms with Gasteiger partial charge in [0, 0.05) is 12.7 Å². The molecule has 0 saturated carbocycles. The fourth-order valence-electron chi connectivity index (χ4n) is 2.06. The van der Waals surface area contributed by atoms with E-state index in [0.29, 0.717) is 12.4 Å². The van der Waals surface area contributed by atoms with E-state index in [4.69, 9.17) is 0 Å². The molecule has 0 spiro atoms. The van der Waals surface area contributed by atoms with Crippen molar-refractivity contribution in [1.82, 2.24) is 9.97 Å². The molecule has 0 amide bonds. The van der Waals surface area contributed by atoms with E-state index in [0.717, 1.165) is 0 Å². The zero-order valence-corrected chi connectivity index (χ0v) is 11.5. The Hall–Kier alpha value is -2.10. The van der Waals surface area contributed by atoms with Crippen molar-refractivity contribution >= 4 is 5.82 Å². The largest absolute Gasteiger partial charge is 0.366 e. The Morgan fingerprint density at radius 1 is 1.21 bits per heavy atom. The van der Waals surface area contributed by atoms with Crippen LogP contribution in [0.3, 0.4) is 0 Å². The van der Waals surface area contributed by atoms with Crippen molar-refractivity contribution in [3.63, 3.8) is 0 Å². The predicted octanol–water partition coefficient (Wildman–Crippen LogP) is 2.68. The van der Waals surface area contributed by atoms with E-state index in [-0.39, 0.29) is 11.1 Å². The Labute approximate surface area is 112 Å². The lowest BCUT2D eigenvalue weighted by atomic mass is 9.84. The highest BCUT2D eigenvalue weighted by molar-refractivity contribution is 5.38. The summed E-state index contributed by atoms with van der Waals surface area (Å²) in [5.41, 5.74) is 2.28. The van der Waals surface area contributed by atoms with Gasteiger partial charge < -0.3 is 10.3 Å². The first-order valence-corrected chi connectivity index (χ1v) is 6.35. The van der Waals surface area contributed by atoms with E-state index in [2.05, 4.69) is 54.3 Å². The lowest BCUT2D eigenvalue weighted by molar-refractivity contribution is 0.583. The van der Waals surface area contributed by atoms with Crippen molar-refractivity contribution in [2.45, 2.75) is 32.7 Å². The van der Waals surface area contributed by atoms with Crippen LogP contribution in [0.1, 0.15) is 31.9 Å². The molecular weight excluding hydrogens is 238 g/mol. The van der Waals surface area contributed by atoms with Gasteiger partial charge in [0.05, 0.1) is 0 Å². The lowest BCUT2D eigenvalue weighted by Gasteiger charge is -2.23. The second-order valence-corrected chi connectivity index (χ2v) is 5.54. The van der Waals surface area contributed by atoms with Gasteiger partial charge in [-0.3, -0.25) is 0 Å². The number of hydrogen-bond donors (Lipinski definition) is 2. The summed E-state index contributed by atoms with van der Waals surface area (Å²) in [5.74, 6) is 0.590. The topological polar surface area (TPSA) is 57.8 Å². The molecule has 1 aromatic heterocycles. The molecule has 2 aromatic rings. The average Bonchev–Trinajstić information content (AvgIpc) is 2.36. The van der Waals surface area contributed by atoms with Crippen molar-refractivity contribution in [3.05, 3.63) is 58.1 Å². The van der Waals surface area contributed by atoms with Crippen LogP contribution < -0.4 is 11.0 Å². The summed E-state index contributed by atoms with van der Waals surface area (Å²) >= 11 is 0. The Morgan fingerprint density at radius 2 is 1.95 bits per heavy atom.